The molecule has 2 N–H and O–H groups in total. The van der Waals surface area contributed by atoms with Gasteiger partial charge in [-0.1, -0.05) is 17.7 Å². The maximum atomic E-state index is 11.6. The monoisotopic (exact) mass is 341 g/mol. The molecule has 1 aromatic carbocycles. The number of nitro benzene ring substituents is 1. The molecule has 0 bridgehead atoms. The van der Waals surface area contributed by atoms with E-state index in [1.165, 1.54) is 12.1 Å². The van der Waals surface area contributed by atoms with E-state index in [1.54, 1.807) is 24.9 Å². The summed E-state index contributed by atoms with van der Waals surface area (Å²) in [6, 6.07) is 3.47. The molecule has 0 aromatic heterocycles. The Morgan fingerprint density at radius 2 is 2.18 bits per heavy atom. The fourth-order valence-corrected chi connectivity index (χ4v) is 2.78. The third kappa shape index (κ3) is 2.75. The normalized spacial score (nSPS) is 18.2. The fraction of sp³-hybridized carbons (Fsp3) is 0.231. The van der Waals surface area contributed by atoms with Crippen molar-refractivity contribution in [3.05, 3.63) is 50.2 Å². The molecule has 0 spiro atoms. The van der Waals surface area contributed by atoms with E-state index in [0.717, 1.165) is 0 Å². The number of thiocarbonyl (C=S) groups is 1. The summed E-state index contributed by atoms with van der Waals surface area (Å²) < 4.78 is 0. The van der Waals surface area contributed by atoms with E-state index in [9.17, 15) is 20.0 Å². The van der Waals surface area contributed by atoms with Gasteiger partial charge >= 0.3 is 5.97 Å². The summed E-state index contributed by atoms with van der Waals surface area (Å²) in [6.45, 7) is 1.60. The predicted octanol–water partition coefficient (Wildman–Crippen LogP) is 2.47. The molecule has 1 atom stereocenters. The van der Waals surface area contributed by atoms with Crippen LogP contribution in [-0.4, -0.2) is 33.1 Å². The highest BCUT2D eigenvalue weighted by molar-refractivity contribution is 7.80. The highest BCUT2D eigenvalue weighted by Crippen LogP contribution is 2.36. The number of rotatable bonds is 3. The minimum absolute atomic E-state index is 0.00881. The zero-order chi connectivity index (χ0) is 16.6. The molecule has 0 amide bonds. The van der Waals surface area contributed by atoms with Crippen LogP contribution in [0, 0.1) is 10.1 Å². The van der Waals surface area contributed by atoms with Crippen LogP contribution in [0.1, 0.15) is 18.5 Å². The number of benzene rings is 1. The quantitative estimate of drug-likeness (QED) is 0.495. The number of allylic oxidation sites excluding steroid dienone is 1. The third-order valence-corrected chi connectivity index (χ3v) is 4.10. The summed E-state index contributed by atoms with van der Waals surface area (Å²) in [5.74, 6) is -1.12. The zero-order valence-electron chi connectivity index (χ0n) is 11.7. The first-order valence-electron chi connectivity index (χ1n) is 6.15. The molecule has 0 saturated heterocycles. The maximum Gasteiger partial charge on any atom is 0.335 e. The van der Waals surface area contributed by atoms with Gasteiger partial charge in [0.25, 0.3) is 5.69 Å². The third-order valence-electron chi connectivity index (χ3n) is 3.39. The van der Waals surface area contributed by atoms with Gasteiger partial charge in [-0.3, -0.25) is 10.1 Å². The molecule has 9 heteroatoms. The van der Waals surface area contributed by atoms with Crippen LogP contribution in [0.3, 0.4) is 0 Å². The van der Waals surface area contributed by atoms with Crippen molar-refractivity contribution in [1.29, 1.82) is 0 Å². The molecule has 1 heterocycles. The summed E-state index contributed by atoms with van der Waals surface area (Å²) in [5.41, 5.74) is 0.629. The highest BCUT2D eigenvalue weighted by atomic mass is 35.5. The van der Waals surface area contributed by atoms with Gasteiger partial charge < -0.3 is 15.3 Å². The van der Waals surface area contributed by atoms with Crippen LogP contribution in [-0.2, 0) is 4.79 Å². The van der Waals surface area contributed by atoms with Gasteiger partial charge in [0.2, 0.25) is 0 Å². The van der Waals surface area contributed by atoms with E-state index in [1.807, 2.05) is 0 Å². The number of likely N-dealkylation sites (N-methyl/N-ethyl adjacent to an activating group) is 1. The molecular formula is C13H12ClN3O4S. The smallest absolute Gasteiger partial charge is 0.335 e. The number of hydrogen-bond acceptors (Lipinski definition) is 4. The molecule has 0 fully saturated rings. The van der Waals surface area contributed by atoms with Gasteiger partial charge in [-0.05, 0) is 30.8 Å². The van der Waals surface area contributed by atoms with E-state index in [4.69, 9.17) is 23.8 Å². The maximum absolute atomic E-state index is 11.6. The topological polar surface area (TPSA) is 95.7 Å². The largest absolute Gasteiger partial charge is 0.478 e. The van der Waals surface area contributed by atoms with Gasteiger partial charge in [-0.2, -0.15) is 0 Å². The average Bonchev–Trinajstić information content (AvgIpc) is 2.42. The summed E-state index contributed by atoms with van der Waals surface area (Å²) in [6.07, 6.45) is 0. The Balaban J connectivity index is 2.64. The summed E-state index contributed by atoms with van der Waals surface area (Å²) in [5, 5.41) is 23.6. The van der Waals surface area contributed by atoms with Crippen LogP contribution in [0.5, 0.6) is 0 Å². The molecule has 0 saturated carbocycles. The van der Waals surface area contributed by atoms with Crippen LogP contribution in [0.2, 0.25) is 5.02 Å². The van der Waals surface area contributed by atoms with Gasteiger partial charge in [-0.15, -0.1) is 0 Å². The minimum Gasteiger partial charge on any atom is -0.478 e. The highest BCUT2D eigenvalue weighted by Gasteiger charge is 2.34. The van der Waals surface area contributed by atoms with E-state index in [2.05, 4.69) is 5.32 Å². The van der Waals surface area contributed by atoms with Gasteiger partial charge in [0.1, 0.15) is 5.02 Å². The minimum atomic E-state index is -1.12. The van der Waals surface area contributed by atoms with Gasteiger partial charge in [-0.25, -0.2) is 4.79 Å². The molecule has 0 radical (unpaired) electrons. The molecule has 1 aliphatic rings. The van der Waals surface area contributed by atoms with Crippen LogP contribution < -0.4 is 5.32 Å². The Morgan fingerprint density at radius 3 is 2.73 bits per heavy atom. The first kappa shape index (κ1) is 16.2. The van der Waals surface area contributed by atoms with Crippen molar-refractivity contribution >= 4 is 40.6 Å². The second-order valence-electron chi connectivity index (χ2n) is 4.76. The lowest BCUT2D eigenvalue weighted by molar-refractivity contribution is -0.384. The van der Waals surface area contributed by atoms with Crippen molar-refractivity contribution in [2.24, 2.45) is 0 Å². The second kappa shape index (κ2) is 5.90. The molecule has 116 valence electrons. The molecule has 1 aliphatic heterocycles. The molecule has 7 nitrogen and oxygen atoms in total. The number of nitro groups is 1. The number of aliphatic carboxylic acids is 1. The van der Waals surface area contributed by atoms with E-state index < -0.39 is 16.9 Å². The Hall–Kier alpha value is -2.19. The van der Waals surface area contributed by atoms with Crippen molar-refractivity contribution < 1.29 is 14.8 Å². The van der Waals surface area contributed by atoms with Crippen molar-refractivity contribution in [2.75, 3.05) is 7.05 Å². The number of hydrogen-bond donors (Lipinski definition) is 2. The lowest BCUT2D eigenvalue weighted by Gasteiger charge is -2.36. The number of nitrogens with one attached hydrogen (secondary N) is 1. The number of carbonyl (C=O) groups is 1. The predicted molar refractivity (Wildman–Crippen MR) is 84.7 cm³/mol. The standard InChI is InChI=1S/C13H12ClN3O4S/c1-6-10(12(18)19)11(16(2)13(22)15-6)7-3-4-8(14)9(5-7)17(20)21/h3-5,11H,1-2H3,(H,15,22)(H,18,19). The number of halogens is 1. The number of carboxylic acids is 1. The number of carboxylic acid groups (broad SMARTS) is 1. The Bertz CT molecular complexity index is 719. The summed E-state index contributed by atoms with van der Waals surface area (Å²) in [4.78, 5) is 23.5. The van der Waals surface area contributed by atoms with Crippen LogP contribution in [0.25, 0.3) is 0 Å². The van der Waals surface area contributed by atoms with Crippen LogP contribution in [0.15, 0.2) is 29.5 Å². The lowest BCUT2D eigenvalue weighted by atomic mass is 9.94. The van der Waals surface area contributed by atoms with E-state index in [0.29, 0.717) is 16.4 Å². The van der Waals surface area contributed by atoms with Crippen molar-refractivity contribution in [3.8, 4) is 0 Å². The molecule has 0 aliphatic carbocycles. The molecule has 2 rings (SSSR count). The molecule has 1 aromatic rings. The van der Waals surface area contributed by atoms with Crippen molar-refractivity contribution in [2.45, 2.75) is 13.0 Å². The van der Waals surface area contributed by atoms with Crippen LogP contribution >= 0.6 is 23.8 Å². The Morgan fingerprint density at radius 1 is 1.55 bits per heavy atom. The average molecular weight is 342 g/mol. The first-order valence-corrected chi connectivity index (χ1v) is 6.94. The Labute approximate surface area is 136 Å². The lowest BCUT2D eigenvalue weighted by Crippen LogP contribution is -2.46. The van der Waals surface area contributed by atoms with E-state index in [-0.39, 0.29) is 16.3 Å². The van der Waals surface area contributed by atoms with Gasteiger partial charge in [0, 0.05) is 18.8 Å². The van der Waals surface area contributed by atoms with Gasteiger partial charge in [0.05, 0.1) is 16.5 Å². The van der Waals surface area contributed by atoms with Crippen molar-refractivity contribution in [3.63, 3.8) is 0 Å². The van der Waals surface area contributed by atoms with E-state index >= 15 is 0 Å². The second-order valence-corrected chi connectivity index (χ2v) is 5.55. The zero-order valence-corrected chi connectivity index (χ0v) is 13.2. The SMILES string of the molecule is CC1=C(C(=O)O)C(c2ccc(Cl)c([N+](=O)[O-])c2)N(C)C(=S)N1. The van der Waals surface area contributed by atoms with Crippen LogP contribution in [0.4, 0.5) is 5.69 Å². The van der Waals surface area contributed by atoms with Gasteiger partial charge in [0.15, 0.2) is 5.11 Å². The molecule has 1 unspecified atom stereocenters. The Kier molecular flexibility index (Phi) is 4.34. The fourth-order valence-electron chi connectivity index (χ4n) is 2.34. The summed E-state index contributed by atoms with van der Waals surface area (Å²) >= 11 is 11.0. The number of nitrogens with zero attached hydrogens (tertiary/aromatic N) is 2. The summed E-state index contributed by atoms with van der Waals surface area (Å²) in [7, 11) is 1.62. The molecule has 22 heavy (non-hydrogen) atoms. The first-order chi connectivity index (χ1) is 10.2. The van der Waals surface area contributed by atoms with Crippen molar-refractivity contribution in [1.82, 2.24) is 10.2 Å². The molecular weight excluding hydrogens is 330 g/mol.